The van der Waals surface area contributed by atoms with Crippen LogP contribution < -0.4 is 5.73 Å². The first-order chi connectivity index (χ1) is 5.02. The smallest absolute Gasteiger partial charge is 0.168 e. The fourth-order valence-corrected chi connectivity index (χ4v) is 0.863. The van der Waals surface area contributed by atoms with Gasteiger partial charge in [0, 0.05) is 5.41 Å². The Morgan fingerprint density at radius 3 is 2.36 bits per heavy atom. The third-order valence-electron chi connectivity index (χ3n) is 1.36. The van der Waals surface area contributed by atoms with Gasteiger partial charge in [-0.15, -0.1) is 10.2 Å². The lowest BCUT2D eigenvalue weighted by atomic mass is 9.92. The number of hydrogen-bond donors (Lipinski definition) is 1. The van der Waals surface area contributed by atoms with Gasteiger partial charge in [-0.1, -0.05) is 20.8 Å². The fraction of sp³-hybridized carbons (Fsp3) is 0.571. The summed E-state index contributed by atoms with van der Waals surface area (Å²) in [6, 6.07) is 0. The summed E-state index contributed by atoms with van der Waals surface area (Å²) in [6.45, 7) is 6.11. The molecule has 0 aliphatic rings. The lowest BCUT2D eigenvalue weighted by Crippen LogP contribution is -2.17. The van der Waals surface area contributed by atoms with Crippen LogP contribution in [0.3, 0.4) is 0 Å². The van der Waals surface area contributed by atoms with Crippen molar-refractivity contribution >= 4 is 5.82 Å². The molecule has 1 heterocycles. The molecular formula is C7H12N4. The van der Waals surface area contributed by atoms with Gasteiger partial charge in [0.2, 0.25) is 0 Å². The Balaban J connectivity index is 3.14. The second kappa shape index (κ2) is 2.45. The number of rotatable bonds is 0. The summed E-state index contributed by atoms with van der Waals surface area (Å²) in [6.07, 6.45) is 1.41. The summed E-state index contributed by atoms with van der Waals surface area (Å²) in [4.78, 5) is 4.05. The Morgan fingerprint density at radius 1 is 1.36 bits per heavy atom. The third-order valence-corrected chi connectivity index (χ3v) is 1.36. The average molecular weight is 152 g/mol. The predicted octanol–water partition coefficient (Wildman–Crippen LogP) is 0.751. The number of hydrogen-bond acceptors (Lipinski definition) is 4. The number of aromatic nitrogens is 3. The largest absolute Gasteiger partial charge is 0.381 e. The van der Waals surface area contributed by atoms with E-state index in [1.165, 1.54) is 6.33 Å². The van der Waals surface area contributed by atoms with Crippen molar-refractivity contribution in [2.45, 2.75) is 26.2 Å². The molecule has 0 unspecified atom stereocenters. The van der Waals surface area contributed by atoms with Gasteiger partial charge in [-0.25, -0.2) is 4.98 Å². The van der Waals surface area contributed by atoms with Gasteiger partial charge in [-0.3, -0.25) is 0 Å². The molecule has 4 heteroatoms. The molecule has 0 bridgehead atoms. The molecular weight excluding hydrogens is 140 g/mol. The molecule has 0 saturated heterocycles. The highest BCUT2D eigenvalue weighted by Crippen LogP contribution is 2.22. The molecule has 0 spiro atoms. The summed E-state index contributed by atoms with van der Waals surface area (Å²) in [5.41, 5.74) is 6.31. The minimum atomic E-state index is -0.0555. The van der Waals surface area contributed by atoms with Gasteiger partial charge in [0.25, 0.3) is 0 Å². The molecule has 0 fully saturated rings. The van der Waals surface area contributed by atoms with Gasteiger partial charge in [-0.2, -0.15) is 0 Å². The van der Waals surface area contributed by atoms with Gasteiger partial charge in [-0.05, 0) is 0 Å². The summed E-state index contributed by atoms with van der Waals surface area (Å²) < 4.78 is 0. The molecule has 1 aromatic heterocycles. The SMILES string of the molecule is CC(C)(C)c1ncnnc1N. The number of nitrogens with zero attached hydrogens (tertiary/aromatic N) is 3. The van der Waals surface area contributed by atoms with Crippen LogP contribution in [0.15, 0.2) is 6.33 Å². The highest BCUT2D eigenvalue weighted by atomic mass is 15.2. The van der Waals surface area contributed by atoms with Crippen LogP contribution in [0.1, 0.15) is 26.5 Å². The van der Waals surface area contributed by atoms with Crippen molar-refractivity contribution in [3.8, 4) is 0 Å². The number of anilines is 1. The van der Waals surface area contributed by atoms with E-state index in [4.69, 9.17) is 5.73 Å². The summed E-state index contributed by atoms with van der Waals surface area (Å²) in [5, 5.41) is 7.28. The molecule has 0 aliphatic carbocycles. The summed E-state index contributed by atoms with van der Waals surface area (Å²) in [5.74, 6) is 0.417. The van der Waals surface area contributed by atoms with Crippen molar-refractivity contribution in [1.29, 1.82) is 0 Å². The monoisotopic (exact) mass is 152 g/mol. The molecule has 0 amide bonds. The van der Waals surface area contributed by atoms with Crippen molar-refractivity contribution in [2.75, 3.05) is 5.73 Å². The maximum absolute atomic E-state index is 5.57. The zero-order valence-electron chi connectivity index (χ0n) is 7.00. The second-order valence-electron chi connectivity index (χ2n) is 3.44. The van der Waals surface area contributed by atoms with Crippen molar-refractivity contribution in [1.82, 2.24) is 15.2 Å². The Morgan fingerprint density at radius 2 is 2.00 bits per heavy atom. The van der Waals surface area contributed by atoms with E-state index in [2.05, 4.69) is 15.2 Å². The van der Waals surface area contributed by atoms with Crippen LogP contribution in [0.2, 0.25) is 0 Å². The molecule has 1 rings (SSSR count). The minimum absolute atomic E-state index is 0.0555. The Hall–Kier alpha value is -1.19. The molecule has 1 aromatic rings. The van der Waals surface area contributed by atoms with Crippen molar-refractivity contribution in [2.24, 2.45) is 0 Å². The van der Waals surface area contributed by atoms with Crippen LogP contribution in [-0.2, 0) is 5.41 Å². The average Bonchev–Trinajstić information content (AvgIpc) is 1.86. The first-order valence-electron chi connectivity index (χ1n) is 3.45. The quantitative estimate of drug-likeness (QED) is 0.595. The highest BCUT2D eigenvalue weighted by molar-refractivity contribution is 5.36. The van der Waals surface area contributed by atoms with E-state index in [1.807, 2.05) is 20.8 Å². The topological polar surface area (TPSA) is 64.7 Å². The molecule has 0 radical (unpaired) electrons. The lowest BCUT2D eigenvalue weighted by molar-refractivity contribution is 0.564. The lowest BCUT2D eigenvalue weighted by Gasteiger charge is -2.17. The van der Waals surface area contributed by atoms with E-state index in [0.717, 1.165) is 5.69 Å². The Kier molecular flexibility index (Phi) is 1.76. The molecule has 0 atom stereocenters. The van der Waals surface area contributed by atoms with Crippen LogP contribution in [0, 0.1) is 0 Å². The van der Waals surface area contributed by atoms with Crippen molar-refractivity contribution in [3.63, 3.8) is 0 Å². The van der Waals surface area contributed by atoms with E-state index < -0.39 is 0 Å². The van der Waals surface area contributed by atoms with E-state index in [1.54, 1.807) is 0 Å². The van der Waals surface area contributed by atoms with E-state index >= 15 is 0 Å². The molecule has 11 heavy (non-hydrogen) atoms. The molecule has 60 valence electrons. The van der Waals surface area contributed by atoms with E-state index in [9.17, 15) is 0 Å². The third kappa shape index (κ3) is 1.63. The fourth-order valence-electron chi connectivity index (χ4n) is 0.863. The first kappa shape index (κ1) is 7.91. The molecule has 0 aliphatic heterocycles. The molecule has 0 aromatic carbocycles. The molecule has 0 saturated carbocycles. The normalized spacial score (nSPS) is 11.5. The van der Waals surface area contributed by atoms with Crippen molar-refractivity contribution in [3.05, 3.63) is 12.0 Å². The Bertz CT molecular complexity index is 251. The summed E-state index contributed by atoms with van der Waals surface area (Å²) >= 11 is 0. The van der Waals surface area contributed by atoms with Crippen LogP contribution in [0.25, 0.3) is 0 Å². The van der Waals surface area contributed by atoms with Crippen LogP contribution in [-0.4, -0.2) is 15.2 Å². The maximum Gasteiger partial charge on any atom is 0.168 e. The van der Waals surface area contributed by atoms with Crippen LogP contribution in [0.4, 0.5) is 5.82 Å². The van der Waals surface area contributed by atoms with Gasteiger partial charge >= 0.3 is 0 Å². The first-order valence-corrected chi connectivity index (χ1v) is 3.45. The standard InChI is InChI=1S/C7H12N4/c1-7(2,3)5-6(8)11-10-4-9-5/h4H,1-3H3,(H2,8,11). The zero-order valence-corrected chi connectivity index (χ0v) is 7.00. The molecule has 2 N–H and O–H groups in total. The highest BCUT2D eigenvalue weighted by Gasteiger charge is 2.18. The van der Waals surface area contributed by atoms with E-state index in [0.29, 0.717) is 5.82 Å². The van der Waals surface area contributed by atoms with Crippen molar-refractivity contribution < 1.29 is 0 Å². The second-order valence-corrected chi connectivity index (χ2v) is 3.44. The maximum atomic E-state index is 5.57. The van der Waals surface area contributed by atoms with Gasteiger partial charge in [0.15, 0.2) is 5.82 Å². The predicted molar refractivity (Wildman–Crippen MR) is 42.9 cm³/mol. The Labute approximate surface area is 65.9 Å². The van der Waals surface area contributed by atoms with Crippen LogP contribution in [0.5, 0.6) is 0 Å². The number of nitrogens with two attached hydrogens (primary N) is 1. The van der Waals surface area contributed by atoms with Gasteiger partial charge in [0.05, 0.1) is 5.69 Å². The minimum Gasteiger partial charge on any atom is -0.381 e. The van der Waals surface area contributed by atoms with Gasteiger partial charge in [0.1, 0.15) is 6.33 Å². The van der Waals surface area contributed by atoms with E-state index in [-0.39, 0.29) is 5.41 Å². The summed E-state index contributed by atoms with van der Waals surface area (Å²) in [7, 11) is 0. The molecule has 4 nitrogen and oxygen atoms in total. The number of nitrogen functional groups attached to an aromatic ring is 1. The zero-order chi connectivity index (χ0) is 8.48. The van der Waals surface area contributed by atoms with Gasteiger partial charge < -0.3 is 5.73 Å². The van der Waals surface area contributed by atoms with Crippen LogP contribution >= 0.6 is 0 Å².